The van der Waals surface area contributed by atoms with Crippen molar-refractivity contribution in [1.82, 2.24) is 4.98 Å². The summed E-state index contributed by atoms with van der Waals surface area (Å²) in [5, 5.41) is 3.96. The molecule has 1 heterocycles. The van der Waals surface area contributed by atoms with Gasteiger partial charge in [-0.3, -0.25) is 4.98 Å². The highest BCUT2D eigenvalue weighted by molar-refractivity contribution is 6.31. The van der Waals surface area contributed by atoms with Crippen molar-refractivity contribution in [1.29, 1.82) is 0 Å². The van der Waals surface area contributed by atoms with Gasteiger partial charge in [-0.25, -0.2) is 0 Å². The number of anilines is 2. The summed E-state index contributed by atoms with van der Waals surface area (Å²) >= 11 is 5.99. The predicted molar refractivity (Wildman–Crippen MR) is 72.2 cm³/mol. The molecule has 0 fully saturated rings. The SMILES string of the molecule is Cc1cc(NCc2cccnc2)c(N)cc1Cl. The Morgan fingerprint density at radius 3 is 2.94 bits per heavy atom. The zero-order valence-corrected chi connectivity index (χ0v) is 10.3. The maximum absolute atomic E-state index is 5.99. The van der Waals surface area contributed by atoms with E-state index in [1.165, 1.54) is 0 Å². The fraction of sp³-hybridized carbons (Fsp3) is 0.154. The monoisotopic (exact) mass is 247 g/mol. The van der Waals surface area contributed by atoms with Crippen LogP contribution in [0.1, 0.15) is 11.1 Å². The highest BCUT2D eigenvalue weighted by Crippen LogP contribution is 2.26. The Bertz CT molecular complexity index is 512. The molecular formula is C13H14ClN3. The average Bonchev–Trinajstić information content (AvgIpc) is 2.33. The second-order valence-corrected chi connectivity index (χ2v) is 4.31. The van der Waals surface area contributed by atoms with Crippen LogP contribution in [0.3, 0.4) is 0 Å². The molecule has 88 valence electrons. The summed E-state index contributed by atoms with van der Waals surface area (Å²) < 4.78 is 0. The second kappa shape index (κ2) is 5.06. The summed E-state index contributed by atoms with van der Waals surface area (Å²) in [6.45, 7) is 2.65. The first kappa shape index (κ1) is 11.7. The van der Waals surface area contributed by atoms with E-state index in [0.717, 1.165) is 16.8 Å². The van der Waals surface area contributed by atoms with Gasteiger partial charge in [-0.05, 0) is 36.2 Å². The Labute approximate surface area is 106 Å². The summed E-state index contributed by atoms with van der Waals surface area (Å²) in [6, 6.07) is 7.64. The summed E-state index contributed by atoms with van der Waals surface area (Å²) in [7, 11) is 0. The topological polar surface area (TPSA) is 50.9 Å². The van der Waals surface area contributed by atoms with Crippen molar-refractivity contribution in [3.63, 3.8) is 0 Å². The first-order chi connectivity index (χ1) is 8.16. The molecule has 0 unspecified atom stereocenters. The molecule has 0 spiro atoms. The Hall–Kier alpha value is -1.74. The molecule has 0 saturated carbocycles. The molecule has 1 aromatic carbocycles. The number of aryl methyl sites for hydroxylation is 1. The number of rotatable bonds is 3. The van der Waals surface area contributed by atoms with E-state index in [2.05, 4.69) is 10.3 Å². The normalized spacial score (nSPS) is 10.2. The van der Waals surface area contributed by atoms with E-state index >= 15 is 0 Å². The van der Waals surface area contributed by atoms with Crippen molar-refractivity contribution in [2.75, 3.05) is 11.1 Å². The van der Waals surface area contributed by atoms with Gasteiger partial charge in [0.05, 0.1) is 11.4 Å². The van der Waals surface area contributed by atoms with Crippen LogP contribution < -0.4 is 11.1 Å². The highest BCUT2D eigenvalue weighted by Gasteiger charge is 2.03. The Morgan fingerprint density at radius 2 is 2.24 bits per heavy atom. The van der Waals surface area contributed by atoms with E-state index in [0.29, 0.717) is 17.3 Å². The molecule has 3 N–H and O–H groups in total. The number of nitrogens with two attached hydrogens (primary N) is 1. The molecule has 0 aliphatic heterocycles. The first-order valence-electron chi connectivity index (χ1n) is 5.35. The number of nitrogen functional groups attached to an aromatic ring is 1. The van der Waals surface area contributed by atoms with Crippen molar-refractivity contribution in [3.8, 4) is 0 Å². The standard InChI is InChI=1S/C13H14ClN3/c1-9-5-13(12(15)6-11(9)14)17-8-10-3-2-4-16-7-10/h2-7,17H,8,15H2,1H3. The molecule has 0 radical (unpaired) electrons. The largest absolute Gasteiger partial charge is 0.397 e. The van der Waals surface area contributed by atoms with Crippen LogP contribution in [0, 0.1) is 6.92 Å². The molecule has 17 heavy (non-hydrogen) atoms. The van der Waals surface area contributed by atoms with Gasteiger partial charge in [-0.1, -0.05) is 17.7 Å². The van der Waals surface area contributed by atoms with E-state index in [4.69, 9.17) is 17.3 Å². The lowest BCUT2D eigenvalue weighted by molar-refractivity contribution is 1.11. The van der Waals surface area contributed by atoms with Crippen LogP contribution in [0.25, 0.3) is 0 Å². The minimum atomic E-state index is 0.657. The molecule has 0 aliphatic rings. The average molecular weight is 248 g/mol. The van der Waals surface area contributed by atoms with Gasteiger partial charge in [0, 0.05) is 24.0 Å². The van der Waals surface area contributed by atoms with Gasteiger partial charge in [-0.15, -0.1) is 0 Å². The van der Waals surface area contributed by atoms with Gasteiger partial charge in [0.25, 0.3) is 0 Å². The lowest BCUT2D eigenvalue weighted by Crippen LogP contribution is -2.03. The molecule has 2 aromatic rings. The number of aromatic nitrogens is 1. The van der Waals surface area contributed by atoms with Crippen LogP contribution in [-0.4, -0.2) is 4.98 Å². The van der Waals surface area contributed by atoms with Crippen LogP contribution in [0.15, 0.2) is 36.7 Å². The third-order valence-corrected chi connectivity index (χ3v) is 2.94. The van der Waals surface area contributed by atoms with Gasteiger partial charge < -0.3 is 11.1 Å². The number of hydrogen-bond acceptors (Lipinski definition) is 3. The maximum Gasteiger partial charge on any atom is 0.0580 e. The van der Waals surface area contributed by atoms with Crippen molar-refractivity contribution >= 4 is 23.0 Å². The van der Waals surface area contributed by atoms with Gasteiger partial charge >= 0.3 is 0 Å². The zero-order valence-electron chi connectivity index (χ0n) is 9.57. The minimum Gasteiger partial charge on any atom is -0.397 e. The van der Waals surface area contributed by atoms with Gasteiger partial charge in [0.2, 0.25) is 0 Å². The van der Waals surface area contributed by atoms with Crippen molar-refractivity contribution < 1.29 is 0 Å². The number of benzene rings is 1. The van der Waals surface area contributed by atoms with E-state index in [1.807, 2.05) is 31.3 Å². The van der Waals surface area contributed by atoms with Gasteiger partial charge in [-0.2, -0.15) is 0 Å². The molecule has 0 aliphatic carbocycles. The predicted octanol–water partition coefficient (Wildman–Crippen LogP) is 3.24. The number of pyridine rings is 1. The van der Waals surface area contributed by atoms with Crippen LogP contribution >= 0.6 is 11.6 Å². The van der Waals surface area contributed by atoms with E-state index < -0.39 is 0 Å². The third kappa shape index (κ3) is 2.88. The number of halogens is 1. The van der Waals surface area contributed by atoms with Crippen LogP contribution in [0.5, 0.6) is 0 Å². The fourth-order valence-corrected chi connectivity index (χ4v) is 1.72. The van der Waals surface area contributed by atoms with Gasteiger partial charge in [0.1, 0.15) is 0 Å². The molecular weight excluding hydrogens is 234 g/mol. The molecule has 0 atom stereocenters. The van der Waals surface area contributed by atoms with Crippen LogP contribution in [-0.2, 0) is 6.54 Å². The Kier molecular flexibility index (Phi) is 3.49. The minimum absolute atomic E-state index is 0.657. The van der Waals surface area contributed by atoms with Gasteiger partial charge in [0.15, 0.2) is 0 Å². The summed E-state index contributed by atoms with van der Waals surface area (Å²) in [6.07, 6.45) is 3.58. The fourth-order valence-electron chi connectivity index (χ4n) is 1.55. The van der Waals surface area contributed by atoms with Crippen molar-refractivity contribution in [2.24, 2.45) is 0 Å². The van der Waals surface area contributed by atoms with Crippen molar-refractivity contribution in [3.05, 3.63) is 52.8 Å². The lowest BCUT2D eigenvalue weighted by Gasteiger charge is -2.11. The van der Waals surface area contributed by atoms with E-state index in [9.17, 15) is 0 Å². The van der Waals surface area contributed by atoms with Crippen LogP contribution in [0.4, 0.5) is 11.4 Å². The molecule has 4 heteroatoms. The second-order valence-electron chi connectivity index (χ2n) is 3.90. The lowest BCUT2D eigenvalue weighted by atomic mass is 10.2. The molecule has 0 amide bonds. The van der Waals surface area contributed by atoms with E-state index in [-0.39, 0.29) is 0 Å². The summed E-state index contributed by atoms with van der Waals surface area (Å²) in [5.41, 5.74) is 9.57. The highest BCUT2D eigenvalue weighted by atomic mass is 35.5. The molecule has 1 aromatic heterocycles. The number of hydrogen-bond donors (Lipinski definition) is 2. The van der Waals surface area contributed by atoms with E-state index in [1.54, 1.807) is 12.3 Å². The Balaban J connectivity index is 2.12. The maximum atomic E-state index is 5.99. The summed E-state index contributed by atoms with van der Waals surface area (Å²) in [4.78, 5) is 4.06. The van der Waals surface area contributed by atoms with Crippen LogP contribution in [0.2, 0.25) is 5.02 Å². The zero-order chi connectivity index (χ0) is 12.3. The van der Waals surface area contributed by atoms with Crippen molar-refractivity contribution in [2.45, 2.75) is 13.5 Å². The summed E-state index contributed by atoms with van der Waals surface area (Å²) in [5.74, 6) is 0. The molecule has 0 bridgehead atoms. The quantitative estimate of drug-likeness (QED) is 0.819. The Morgan fingerprint density at radius 1 is 1.41 bits per heavy atom. The molecule has 3 nitrogen and oxygen atoms in total. The first-order valence-corrected chi connectivity index (χ1v) is 5.73. The third-order valence-electron chi connectivity index (χ3n) is 2.54. The molecule has 0 saturated heterocycles. The number of nitrogens with zero attached hydrogens (tertiary/aromatic N) is 1. The smallest absolute Gasteiger partial charge is 0.0580 e. The number of nitrogens with one attached hydrogen (secondary N) is 1. The molecule has 2 rings (SSSR count).